The monoisotopic (exact) mass is 264 g/mol. The second-order valence-electron chi connectivity index (χ2n) is 4.14. The van der Waals surface area contributed by atoms with Crippen molar-refractivity contribution in [3.8, 4) is 23.0 Å². The van der Waals surface area contributed by atoms with Gasteiger partial charge in [0.2, 0.25) is 5.89 Å². The number of aryl methyl sites for hydroxylation is 1. The van der Waals surface area contributed by atoms with Crippen LogP contribution < -0.4 is 9.47 Å². The van der Waals surface area contributed by atoms with Gasteiger partial charge in [-0.1, -0.05) is 0 Å². The van der Waals surface area contributed by atoms with Crippen molar-refractivity contribution in [2.45, 2.75) is 20.0 Å². The maximum absolute atomic E-state index is 9.40. The molecule has 1 unspecified atom stereocenters. The van der Waals surface area contributed by atoms with Crippen molar-refractivity contribution in [3.63, 3.8) is 0 Å². The van der Waals surface area contributed by atoms with E-state index in [1.165, 1.54) is 0 Å². The Balaban J connectivity index is 2.52. The Bertz CT molecular complexity index is 578. The largest absolute Gasteiger partial charge is 0.496 e. The molecule has 1 atom stereocenters. The van der Waals surface area contributed by atoms with E-state index in [0.29, 0.717) is 17.1 Å². The molecule has 1 aromatic heterocycles. The molecule has 0 aliphatic carbocycles. The highest BCUT2D eigenvalue weighted by Gasteiger charge is 2.18. The van der Waals surface area contributed by atoms with Crippen LogP contribution in [0.15, 0.2) is 16.5 Å². The number of methoxy groups -OCH3 is 2. The lowest BCUT2D eigenvalue weighted by molar-refractivity contribution is 0.163. The van der Waals surface area contributed by atoms with Crippen LogP contribution in [0.2, 0.25) is 0 Å². The average molecular weight is 264 g/mol. The molecule has 1 aromatic carbocycles. The lowest BCUT2D eigenvalue weighted by atomic mass is 10.1. The summed E-state index contributed by atoms with van der Waals surface area (Å²) in [5.74, 6) is 1.76. The molecule has 19 heavy (non-hydrogen) atoms. The molecule has 0 radical (unpaired) electrons. The van der Waals surface area contributed by atoms with E-state index in [1.807, 2.05) is 13.0 Å². The summed E-state index contributed by atoms with van der Waals surface area (Å²) in [7, 11) is 3.16. The zero-order valence-electron chi connectivity index (χ0n) is 11.3. The standard InChI is InChI=1S/C13H16N2O4/c1-7-5-11(18-4)9(6-10(7)17-3)13-15-14-12(19-13)8(2)16/h5-6,8,16H,1-4H3. The van der Waals surface area contributed by atoms with Gasteiger partial charge in [0.1, 0.15) is 17.6 Å². The molecule has 6 heteroatoms. The summed E-state index contributed by atoms with van der Waals surface area (Å²) >= 11 is 0. The van der Waals surface area contributed by atoms with Crippen molar-refractivity contribution in [2.24, 2.45) is 0 Å². The van der Waals surface area contributed by atoms with E-state index >= 15 is 0 Å². The fraction of sp³-hybridized carbons (Fsp3) is 0.385. The Hall–Kier alpha value is -2.08. The Morgan fingerprint density at radius 3 is 2.37 bits per heavy atom. The van der Waals surface area contributed by atoms with Crippen LogP contribution in [-0.4, -0.2) is 29.5 Å². The molecule has 0 saturated heterocycles. The van der Waals surface area contributed by atoms with Gasteiger partial charge in [0.15, 0.2) is 0 Å². The normalized spacial score (nSPS) is 12.3. The summed E-state index contributed by atoms with van der Waals surface area (Å²) in [6, 6.07) is 3.61. The van der Waals surface area contributed by atoms with E-state index in [0.717, 1.165) is 5.56 Å². The quantitative estimate of drug-likeness (QED) is 0.911. The third-order valence-corrected chi connectivity index (χ3v) is 2.75. The fourth-order valence-electron chi connectivity index (χ4n) is 1.73. The van der Waals surface area contributed by atoms with Crippen molar-refractivity contribution >= 4 is 0 Å². The SMILES string of the molecule is COc1cc(-c2nnc(C(C)O)o2)c(OC)cc1C. The third-order valence-electron chi connectivity index (χ3n) is 2.75. The molecule has 0 spiro atoms. The molecule has 0 saturated carbocycles. The second-order valence-corrected chi connectivity index (χ2v) is 4.14. The van der Waals surface area contributed by atoms with Gasteiger partial charge in [0.25, 0.3) is 5.89 Å². The molecule has 102 valence electrons. The van der Waals surface area contributed by atoms with Crippen LogP contribution in [0, 0.1) is 6.92 Å². The van der Waals surface area contributed by atoms with Crippen LogP contribution in [0.1, 0.15) is 24.5 Å². The van der Waals surface area contributed by atoms with Crippen molar-refractivity contribution in [3.05, 3.63) is 23.6 Å². The minimum absolute atomic E-state index is 0.164. The summed E-state index contributed by atoms with van der Waals surface area (Å²) in [4.78, 5) is 0. The molecule has 0 aliphatic rings. The first-order valence-corrected chi connectivity index (χ1v) is 5.81. The predicted molar refractivity (Wildman–Crippen MR) is 68.2 cm³/mol. The molecule has 0 bridgehead atoms. The number of aliphatic hydroxyl groups excluding tert-OH is 1. The van der Waals surface area contributed by atoms with Crippen LogP contribution in [0.3, 0.4) is 0 Å². The van der Waals surface area contributed by atoms with Gasteiger partial charge in [0, 0.05) is 0 Å². The Morgan fingerprint density at radius 2 is 1.84 bits per heavy atom. The number of benzene rings is 1. The Morgan fingerprint density at radius 1 is 1.16 bits per heavy atom. The number of rotatable bonds is 4. The molecule has 2 aromatic rings. The van der Waals surface area contributed by atoms with Crippen molar-refractivity contribution in [1.82, 2.24) is 10.2 Å². The lowest BCUT2D eigenvalue weighted by Crippen LogP contribution is -1.93. The number of nitrogens with zero attached hydrogens (tertiary/aromatic N) is 2. The highest BCUT2D eigenvalue weighted by Crippen LogP contribution is 2.35. The van der Waals surface area contributed by atoms with Crippen LogP contribution >= 0.6 is 0 Å². The minimum Gasteiger partial charge on any atom is -0.496 e. The van der Waals surface area contributed by atoms with Gasteiger partial charge in [-0.05, 0) is 31.5 Å². The van der Waals surface area contributed by atoms with Gasteiger partial charge in [-0.3, -0.25) is 0 Å². The summed E-state index contributed by atoms with van der Waals surface area (Å²) in [6.07, 6.45) is -0.806. The fourth-order valence-corrected chi connectivity index (χ4v) is 1.73. The first-order valence-electron chi connectivity index (χ1n) is 5.81. The van der Waals surface area contributed by atoms with E-state index in [9.17, 15) is 5.11 Å². The molecule has 6 nitrogen and oxygen atoms in total. The Kier molecular flexibility index (Phi) is 3.71. The highest BCUT2D eigenvalue weighted by atomic mass is 16.5. The van der Waals surface area contributed by atoms with Crippen molar-refractivity contribution in [1.29, 1.82) is 0 Å². The lowest BCUT2D eigenvalue weighted by Gasteiger charge is -2.10. The van der Waals surface area contributed by atoms with Crippen molar-refractivity contribution < 1.29 is 19.0 Å². The second kappa shape index (κ2) is 5.27. The number of hydrogen-bond acceptors (Lipinski definition) is 6. The minimum atomic E-state index is -0.806. The van der Waals surface area contributed by atoms with E-state index < -0.39 is 6.10 Å². The van der Waals surface area contributed by atoms with Crippen LogP contribution in [0.5, 0.6) is 11.5 Å². The van der Waals surface area contributed by atoms with Gasteiger partial charge in [0.05, 0.1) is 19.8 Å². The molecule has 1 N–H and O–H groups in total. The summed E-state index contributed by atoms with van der Waals surface area (Å²) < 4.78 is 16.0. The molecule has 0 aliphatic heterocycles. The maximum Gasteiger partial charge on any atom is 0.251 e. The summed E-state index contributed by atoms with van der Waals surface area (Å²) in [6.45, 7) is 3.48. The molecule has 0 fully saturated rings. The zero-order valence-corrected chi connectivity index (χ0v) is 11.3. The van der Waals surface area contributed by atoms with Crippen molar-refractivity contribution in [2.75, 3.05) is 14.2 Å². The zero-order chi connectivity index (χ0) is 14.0. The van der Waals surface area contributed by atoms with Gasteiger partial charge < -0.3 is 19.0 Å². The molecular formula is C13H16N2O4. The van der Waals surface area contributed by atoms with Gasteiger partial charge in [-0.2, -0.15) is 0 Å². The molecule has 0 amide bonds. The topological polar surface area (TPSA) is 77.6 Å². The Labute approximate surface area is 111 Å². The van der Waals surface area contributed by atoms with Crippen LogP contribution in [0.25, 0.3) is 11.5 Å². The van der Waals surface area contributed by atoms with Crippen LogP contribution in [0.4, 0.5) is 0 Å². The highest BCUT2D eigenvalue weighted by molar-refractivity contribution is 5.66. The maximum atomic E-state index is 9.40. The summed E-state index contributed by atoms with van der Waals surface area (Å²) in [5.41, 5.74) is 1.57. The number of hydrogen-bond donors (Lipinski definition) is 1. The average Bonchev–Trinajstić information content (AvgIpc) is 2.88. The summed E-state index contributed by atoms with van der Waals surface area (Å²) in [5, 5.41) is 17.1. The number of aromatic nitrogens is 2. The van der Waals surface area contributed by atoms with E-state index in [4.69, 9.17) is 13.9 Å². The van der Waals surface area contributed by atoms with Gasteiger partial charge >= 0.3 is 0 Å². The first-order chi connectivity index (χ1) is 9.06. The predicted octanol–water partition coefficient (Wildman–Crippen LogP) is 2.12. The molecule has 2 rings (SSSR count). The number of ether oxygens (including phenoxy) is 2. The van der Waals surface area contributed by atoms with E-state index in [1.54, 1.807) is 27.2 Å². The third kappa shape index (κ3) is 2.53. The number of aliphatic hydroxyl groups is 1. The van der Waals surface area contributed by atoms with E-state index in [-0.39, 0.29) is 11.8 Å². The smallest absolute Gasteiger partial charge is 0.251 e. The van der Waals surface area contributed by atoms with Gasteiger partial charge in [-0.25, -0.2) is 0 Å². The molecular weight excluding hydrogens is 248 g/mol. The molecule has 1 heterocycles. The van der Waals surface area contributed by atoms with Crippen LogP contribution in [-0.2, 0) is 0 Å². The first kappa shape index (κ1) is 13.4. The van der Waals surface area contributed by atoms with Gasteiger partial charge in [-0.15, -0.1) is 10.2 Å². The van der Waals surface area contributed by atoms with E-state index in [2.05, 4.69) is 10.2 Å².